The normalized spacial score (nSPS) is 12.8. The molecule has 7 nitrogen and oxygen atoms in total. The highest BCUT2D eigenvalue weighted by molar-refractivity contribution is 6.00. The van der Waals surface area contributed by atoms with Gasteiger partial charge in [-0.1, -0.05) is 50.8 Å². The van der Waals surface area contributed by atoms with Gasteiger partial charge in [0.2, 0.25) is 11.8 Å². The quantitative estimate of drug-likeness (QED) is 0.193. The van der Waals surface area contributed by atoms with Gasteiger partial charge in [-0.25, -0.2) is 4.98 Å². The fraction of sp³-hybridized carbons (Fsp3) is 0.343. The van der Waals surface area contributed by atoms with Gasteiger partial charge < -0.3 is 19.2 Å². The average molecular weight is 569 g/mol. The van der Waals surface area contributed by atoms with E-state index in [2.05, 4.69) is 10.3 Å². The van der Waals surface area contributed by atoms with Crippen LogP contribution in [0, 0.1) is 12.8 Å². The first kappa shape index (κ1) is 30.6. The molecule has 42 heavy (non-hydrogen) atoms. The Labute approximate surface area is 248 Å². The maximum Gasteiger partial charge on any atom is 0.227 e. The van der Waals surface area contributed by atoms with Gasteiger partial charge in [-0.05, 0) is 79.4 Å². The Morgan fingerprint density at radius 1 is 0.929 bits per heavy atom. The summed E-state index contributed by atoms with van der Waals surface area (Å²) in [5.41, 5.74) is 3.76. The summed E-state index contributed by atoms with van der Waals surface area (Å²) in [6.07, 6.45) is 6.97. The fourth-order valence-corrected chi connectivity index (χ4v) is 5.12. The minimum Gasteiger partial charge on any atom is -0.497 e. The average Bonchev–Trinajstić information content (AvgIpc) is 3.72. The Hall–Kier alpha value is -4.39. The lowest BCUT2D eigenvalue weighted by Crippen LogP contribution is -2.12. The van der Waals surface area contributed by atoms with E-state index in [1.807, 2.05) is 86.6 Å². The van der Waals surface area contributed by atoms with Crippen molar-refractivity contribution in [2.45, 2.75) is 58.8 Å². The van der Waals surface area contributed by atoms with E-state index in [4.69, 9.17) is 13.9 Å². The van der Waals surface area contributed by atoms with Crippen LogP contribution in [0.15, 0.2) is 77.2 Å². The second-order valence-electron chi connectivity index (χ2n) is 10.5. The van der Waals surface area contributed by atoms with Gasteiger partial charge in [0.05, 0.1) is 14.2 Å². The highest BCUT2D eigenvalue weighted by atomic mass is 16.5. The van der Waals surface area contributed by atoms with Gasteiger partial charge in [0.25, 0.3) is 0 Å². The first-order valence-electron chi connectivity index (χ1n) is 14.6. The Bertz CT molecular complexity index is 1450. The number of nitrogens with zero attached hydrogens (tertiary/aromatic N) is 1. The topological polar surface area (TPSA) is 90.7 Å². The SMILES string of the molecule is CCC(=O)c1nc(-c2ccccc2)oc1-c1ccc(NC(=O)CCC2CCCC2)cc1.COc1ccc(OC)c(C)c1. The van der Waals surface area contributed by atoms with Crippen LogP contribution in [0.4, 0.5) is 5.69 Å². The molecule has 0 saturated heterocycles. The number of rotatable bonds is 10. The molecular weight excluding hydrogens is 528 g/mol. The van der Waals surface area contributed by atoms with Crippen molar-refractivity contribution in [3.63, 3.8) is 0 Å². The number of benzene rings is 3. The number of carbonyl (C=O) groups is 2. The number of Topliss-reactive ketones (excluding diaryl/α,β-unsaturated/α-hetero) is 1. The lowest BCUT2D eigenvalue weighted by Gasteiger charge is -2.09. The maximum atomic E-state index is 12.5. The highest BCUT2D eigenvalue weighted by Crippen LogP contribution is 2.32. The molecule has 4 aromatic rings. The molecule has 1 aliphatic carbocycles. The van der Waals surface area contributed by atoms with Crippen molar-refractivity contribution in [2.24, 2.45) is 5.92 Å². The molecule has 5 rings (SSSR count). The van der Waals surface area contributed by atoms with Gasteiger partial charge >= 0.3 is 0 Å². The Kier molecular flexibility index (Phi) is 10.9. The molecule has 0 radical (unpaired) electrons. The summed E-state index contributed by atoms with van der Waals surface area (Å²) in [5.74, 6) is 3.33. The lowest BCUT2D eigenvalue weighted by molar-refractivity contribution is -0.116. The van der Waals surface area contributed by atoms with E-state index in [0.29, 0.717) is 36.1 Å². The molecule has 0 unspecified atom stereocenters. The summed E-state index contributed by atoms with van der Waals surface area (Å²) in [6, 6.07) is 22.7. The Morgan fingerprint density at radius 3 is 2.26 bits per heavy atom. The zero-order chi connectivity index (χ0) is 29.9. The summed E-state index contributed by atoms with van der Waals surface area (Å²) < 4.78 is 16.1. The minimum atomic E-state index is -0.0646. The van der Waals surface area contributed by atoms with Gasteiger partial charge in [0.15, 0.2) is 17.2 Å². The van der Waals surface area contributed by atoms with Gasteiger partial charge in [0, 0.05) is 29.7 Å². The molecule has 0 bridgehead atoms. The molecule has 0 atom stereocenters. The number of amides is 1. The number of nitrogens with one attached hydrogen (secondary N) is 1. The monoisotopic (exact) mass is 568 g/mol. The van der Waals surface area contributed by atoms with Crippen LogP contribution in [-0.2, 0) is 4.79 Å². The van der Waals surface area contributed by atoms with Crippen molar-refractivity contribution in [1.29, 1.82) is 0 Å². The third kappa shape index (κ3) is 8.09. The Balaban J connectivity index is 0.000000310. The molecule has 3 aromatic carbocycles. The van der Waals surface area contributed by atoms with Gasteiger partial charge in [-0.2, -0.15) is 0 Å². The summed E-state index contributed by atoms with van der Waals surface area (Å²) >= 11 is 0. The van der Waals surface area contributed by atoms with Crippen LogP contribution in [0.2, 0.25) is 0 Å². The van der Waals surface area contributed by atoms with E-state index in [1.165, 1.54) is 25.7 Å². The predicted octanol–water partition coefficient (Wildman–Crippen LogP) is 8.52. The predicted molar refractivity (Wildman–Crippen MR) is 166 cm³/mol. The molecule has 1 N–H and O–H groups in total. The number of hydrogen-bond donors (Lipinski definition) is 1. The number of carbonyl (C=O) groups excluding carboxylic acids is 2. The lowest BCUT2D eigenvalue weighted by atomic mass is 10.0. The van der Waals surface area contributed by atoms with Crippen LogP contribution < -0.4 is 14.8 Å². The molecule has 0 spiro atoms. The van der Waals surface area contributed by atoms with Gasteiger partial charge in [0.1, 0.15) is 11.5 Å². The number of hydrogen-bond acceptors (Lipinski definition) is 6. The van der Waals surface area contributed by atoms with Crippen LogP contribution in [0.25, 0.3) is 22.8 Å². The van der Waals surface area contributed by atoms with E-state index < -0.39 is 0 Å². The van der Waals surface area contributed by atoms with Crippen molar-refractivity contribution >= 4 is 17.4 Å². The third-order valence-electron chi connectivity index (χ3n) is 7.52. The molecule has 1 aromatic heterocycles. The van der Waals surface area contributed by atoms with Crippen LogP contribution in [0.1, 0.15) is 67.9 Å². The van der Waals surface area contributed by atoms with E-state index in [0.717, 1.165) is 40.3 Å². The van der Waals surface area contributed by atoms with Crippen LogP contribution in [0.5, 0.6) is 11.5 Å². The van der Waals surface area contributed by atoms with Crippen molar-refractivity contribution in [1.82, 2.24) is 4.98 Å². The molecule has 1 aliphatic rings. The van der Waals surface area contributed by atoms with Gasteiger partial charge in [-0.3, -0.25) is 9.59 Å². The first-order valence-corrected chi connectivity index (χ1v) is 14.6. The number of aryl methyl sites for hydroxylation is 1. The van der Waals surface area contributed by atoms with E-state index in [-0.39, 0.29) is 11.7 Å². The van der Waals surface area contributed by atoms with E-state index >= 15 is 0 Å². The number of aromatic nitrogens is 1. The zero-order valence-corrected chi connectivity index (χ0v) is 24.9. The number of ether oxygens (including phenoxy) is 2. The van der Waals surface area contributed by atoms with E-state index in [9.17, 15) is 9.59 Å². The second-order valence-corrected chi connectivity index (χ2v) is 10.5. The fourth-order valence-electron chi connectivity index (χ4n) is 5.12. The molecule has 220 valence electrons. The van der Waals surface area contributed by atoms with Crippen LogP contribution >= 0.6 is 0 Å². The summed E-state index contributed by atoms with van der Waals surface area (Å²) in [6.45, 7) is 3.80. The minimum absolute atomic E-state index is 0.0486. The standard InChI is InChI=1S/C26H28N2O3.C9H12O2/c1-2-22(29)24-25(31-26(28-24)20-10-4-3-5-11-20)19-13-15-21(16-14-19)27-23(30)17-12-18-8-6-7-9-18;1-7-6-8(10-2)4-5-9(7)11-3/h3-5,10-11,13-16,18H,2,6-9,12,17H2,1H3,(H,27,30);4-6H,1-3H3. The number of methoxy groups -OCH3 is 2. The van der Waals surface area contributed by atoms with Crippen molar-refractivity contribution in [2.75, 3.05) is 19.5 Å². The Morgan fingerprint density at radius 2 is 1.64 bits per heavy atom. The van der Waals surface area contributed by atoms with E-state index in [1.54, 1.807) is 14.2 Å². The molecular formula is C35H40N2O5. The summed E-state index contributed by atoms with van der Waals surface area (Å²) in [7, 11) is 3.32. The van der Waals surface area contributed by atoms with Gasteiger partial charge in [-0.15, -0.1) is 0 Å². The summed E-state index contributed by atoms with van der Waals surface area (Å²) in [5, 5.41) is 2.97. The molecule has 0 aliphatic heterocycles. The van der Waals surface area contributed by atoms with Crippen molar-refractivity contribution in [3.8, 4) is 34.3 Å². The number of ketones is 1. The molecule has 1 saturated carbocycles. The largest absolute Gasteiger partial charge is 0.497 e. The molecule has 1 heterocycles. The molecule has 1 amide bonds. The third-order valence-corrected chi connectivity index (χ3v) is 7.52. The zero-order valence-electron chi connectivity index (χ0n) is 24.9. The van der Waals surface area contributed by atoms with Crippen molar-refractivity contribution < 1.29 is 23.5 Å². The second kappa shape index (κ2) is 15.0. The molecule has 7 heteroatoms. The number of oxazole rings is 1. The molecule has 1 fully saturated rings. The van der Waals surface area contributed by atoms with Crippen LogP contribution in [0.3, 0.4) is 0 Å². The van der Waals surface area contributed by atoms with Crippen LogP contribution in [-0.4, -0.2) is 30.9 Å². The first-order chi connectivity index (χ1) is 20.4. The number of anilines is 1. The highest BCUT2D eigenvalue weighted by Gasteiger charge is 2.21. The smallest absolute Gasteiger partial charge is 0.227 e. The van der Waals surface area contributed by atoms with Crippen molar-refractivity contribution in [3.05, 3.63) is 84.1 Å². The maximum absolute atomic E-state index is 12.5. The summed E-state index contributed by atoms with van der Waals surface area (Å²) in [4.78, 5) is 29.2.